The summed E-state index contributed by atoms with van der Waals surface area (Å²) in [5.41, 5.74) is 9.80. The van der Waals surface area contributed by atoms with Gasteiger partial charge in [0.05, 0.1) is 16.7 Å². The molecule has 8 rings (SSSR count). The van der Waals surface area contributed by atoms with Crippen LogP contribution in [0.2, 0.25) is 0 Å². The lowest BCUT2D eigenvalue weighted by Crippen LogP contribution is -2.12. The Balaban J connectivity index is 1.39. The molecule has 0 bridgehead atoms. The molecule has 2 aromatic heterocycles. The number of imidazole rings is 1. The second-order valence-electron chi connectivity index (χ2n) is 13.1. The molecule has 1 aliphatic rings. The largest absolute Gasteiger partial charge is 0.292 e. The van der Waals surface area contributed by atoms with Crippen molar-refractivity contribution in [2.45, 2.75) is 57.8 Å². The molecule has 0 radical (unpaired) electrons. The third-order valence-corrected chi connectivity index (χ3v) is 10.5. The lowest BCUT2D eigenvalue weighted by atomic mass is 9.85. The van der Waals surface area contributed by atoms with E-state index in [1.54, 1.807) is 0 Å². The number of fused-ring (bicyclic) bond motifs is 4. The monoisotopic (exact) mass is 576 g/mol. The highest BCUT2D eigenvalue weighted by Crippen LogP contribution is 2.44. The van der Waals surface area contributed by atoms with Gasteiger partial charge >= 0.3 is 0 Å². The molecule has 0 unspecified atom stereocenters. The van der Waals surface area contributed by atoms with E-state index in [2.05, 4.69) is 135 Å². The van der Waals surface area contributed by atoms with Gasteiger partial charge in [0.25, 0.3) is 0 Å². The minimum atomic E-state index is 0.0436. The lowest BCUT2D eigenvalue weighted by molar-refractivity contribution is 0.590. The van der Waals surface area contributed by atoms with E-state index in [1.807, 2.05) is 11.3 Å². The van der Waals surface area contributed by atoms with Crippen molar-refractivity contribution in [1.82, 2.24) is 9.55 Å². The zero-order valence-corrected chi connectivity index (χ0v) is 25.9. The summed E-state index contributed by atoms with van der Waals surface area (Å²) in [6.07, 6.45) is 5.36. The first-order valence-electron chi connectivity index (χ1n) is 15.6. The fraction of sp³-hybridized carbons (Fsp3) is 0.225. The number of hydrogen-bond acceptors (Lipinski definition) is 2. The Kier molecular flexibility index (Phi) is 6.27. The van der Waals surface area contributed by atoms with Crippen molar-refractivity contribution in [3.05, 3.63) is 120 Å². The van der Waals surface area contributed by atoms with Gasteiger partial charge in [0.2, 0.25) is 0 Å². The zero-order chi connectivity index (χ0) is 29.1. The van der Waals surface area contributed by atoms with Crippen LogP contribution in [0, 0.1) is 0 Å². The van der Waals surface area contributed by atoms with E-state index in [0.29, 0.717) is 5.92 Å². The maximum Gasteiger partial charge on any atom is 0.147 e. The van der Waals surface area contributed by atoms with Gasteiger partial charge in [-0.25, -0.2) is 4.98 Å². The zero-order valence-electron chi connectivity index (χ0n) is 25.1. The van der Waals surface area contributed by atoms with E-state index in [-0.39, 0.29) is 5.41 Å². The molecular formula is C40H36N2S. The molecule has 7 aromatic rings. The highest BCUT2D eigenvalue weighted by molar-refractivity contribution is 7.26. The molecule has 0 N–H and O–H groups in total. The van der Waals surface area contributed by atoms with Crippen LogP contribution in [0.3, 0.4) is 0 Å². The summed E-state index contributed by atoms with van der Waals surface area (Å²) in [7, 11) is 0. The van der Waals surface area contributed by atoms with Gasteiger partial charge in [0, 0.05) is 31.3 Å². The van der Waals surface area contributed by atoms with E-state index >= 15 is 0 Å². The summed E-state index contributed by atoms with van der Waals surface area (Å²) in [4.78, 5) is 5.34. The van der Waals surface area contributed by atoms with Gasteiger partial charge in [-0.15, -0.1) is 11.3 Å². The molecule has 0 aliphatic heterocycles. The molecule has 43 heavy (non-hydrogen) atoms. The fourth-order valence-electron chi connectivity index (χ4n) is 7.00. The lowest BCUT2D eigenvalue weighted by Gasteiger charge is -2.23. The van der Waals surface area contributed by atoms with Gasteiger partial charge in [0.1, 0.15) is 5.82 Å². The highest BCUT2D eigenvalue weighted by Gasteiger charge is 2.23. The van der Waals surface area contributed by atoms with Crippen molar-refractivity contribution in [3.8, 4) is 28.2 Å². The second kappa shape index (κ2) is 10.2. The maximum absolute atomic E-state index is 5.34. The number of benzene rings is 5. The Bertz CT molecular complexity index is 2120. The van der Waals surface area contributed by atoms with Crippen molar-refractivity contribution >= 4 is 42.5 Å². The predicted octanol–water partition coefficient (Wildman–Crippen LogP) is 11.7. The van der Waals surface area contributed by atoms with E-state index in [4.69, 9.17) is 4.98 Å². The third kappa shape index (κ3) is 4.49. The number of aromatic nitrogens is 2. The quantitative estimate of drug-likeness (QED) is 0.204. The van der Waals surface area contributed by atoms with Crippen molar-refractivity contribution in [3.63, 3.8) is 0 Å². The van der Waals surface area contributed by atoms with Gasteiger partial charge in [0.15, 0.2) is 0 Å². The van der Waals surface area contributed by atoms with Crippen LogP contribution in [0.4, 0.5) is 0 Å². The number of nitrogens with zero attached hydrogens (tertiary/aromatic N) is 2. The van der Waals surface area contributed by atoms with Crippen molar-refractivity contribution in [2.75, 3.05) is 0 Å². The summed E-state index contributed by atoms with van der Waals surface area (Å²) in [6.45, 7) is 6.86. The standard InChI is InChI=1S/C40H36N2S/c1-40(2,3)29-21-23-35(33(25-29)27-14-5-4-6-15-27)42-36-19-10-9-18-34(36)41-39(42)32-17-11-16-31-30-22-20-28(26-12-7-8-13-26)24-37(30)43-38(31)32/h4-6,9-11,14-26H,7-8,12-13H2,1-3H3. The highest BCUT2D eigenvalue weighted by atomic mass is 32.1. The van der Waals surface area contributed by atoms with Crippen molar-refractivity contribution in [2.24, 2.45) is 0 Å². The Labute approximate surface area is 257 Å². The Morgan fingerprint density at radius 2 is 1.51 bits per heavy atom. The normalized spacial score (nSPS) is 14.4. The molecular weight excluding hydrogens is 541 g/mol. The predicted molar refractivity (Wildman–Crippen MR) is 185 cm³/mol. The molecule has 0 atom stereocenters. The fourth-order valence-corrected chi connectivity index (χ4v) is 8.26. The van der Waals surface area contributed by atoms with Gasteiger partial charge in [-0.05, 0) is 77.3 Å². The first-order valence-corrected chi connectivity index (χ1v) is 16.4. The molecule has 2 heterocycles. The summed E-state index contributed by atoms with van der Waals surface area (Å²) >= 11 is 1.92. The van der Waals surface area contributed by atoms with Crippen LogP contribution in [0.1, 0.15) is 63.5 Å². The maximum atomic E-state index is 5.34. The van der Waals surface area contributed by atoms with E-state index in [9.17, 15) is 0 Å². The van der Waals surface area contributed by atoms with Crippen molar-refractivity contribution in [1.29, 1.82) is 0 Å². The van der Waals surface area contributed by atoms with Crippen LogP contribution in [0.25, 0.3) is 59.4 Å². The molecule has 1 fully saturated rings. The summed E-state index contributed by atoms with van der Waals surface area (Å²) in [5, 5.41) is 2.67. The third-order valence-electron chi connectivity index (χ3n) is 9.34. The smallest absolute Gasteiger partial charge is 0.147 e. The van der Waals surface area contributed by atoms with Crippen LogP contribution in [-0.2, 0) is 5.41 Å². The molecule has 0 spiro atoms. The molecule has 5 aromatic carbocycles. The van der Waals surface area contributed by atoms with Gasteiger partial charge in [-0.1, -0.05) is 106 Å². The topological polar surface area (TPSA) is 17.8 Å². The summed E-state index contributed by atoms with van der Waals surface area (Å²) < 4.78 is 5.09. The van der Waals surface area contributed by atoms with Crippen molar-refractivity contribution < 1.29 is 0 Å². The van der Waals surface area contributed by atoms with E-state index < -0.39 is 0 Å². The van der Waals surface area contributed by atoms with Crippen LogP contribution < -0.4 is 0 Å². The molecule has 3 heteroatoms. The summed E-state index contributed by atoms with van der Waals surface area (Å²) in [6, 6.07) is 40.3. The van der Waals surface area contributed by atoms with Crippen LogP contribution in [-0.4, -0.2) is 9.55 Å². The summed E-state index contributed by atoms with van der Waals surface area (Å²) in [5.74, 6) is 1.71. The first-order chi connectivity index (χ1) is 21.0. The number of rotatable bonds is 4. The molecule has 1 aliphatic carbocycles. The number of hydrogen-bond donors (Lipinski definition) is 0. The minimum absolute atomic E-state index is 0.0436. The average Bonchev–Trinajstić information content (AvgIpc) is 3.78. The molecule has 1 saturated carbocycles. The Hall–Kier alpha value is -4.21. The van der Waals surface area contributed by atoms with E-state index in [1.165, 1.54) is 73.7 Å². The molecule has 212 valence electrons. The van der Waals surface area contributed by atoms with Gasteiger partial charge in [-0.2, -0.15) is 0 Å². The van der Waals surface area contributed by atoms with Crippen LogP contribution >= 0.6 is 11.3 Å². The Morgan fingerprint density at radius 3 is 2.33 bits per heavy atom. The Morgan fingerprint density at radius 1 is 0.721 bits per heavy atom. The molecule has 0 saturated heterocycles. The van der Waals surface area contributed by atoms with E-state index in [0.717, 1.165) is 22.5 Å². The second-order valence-corrected chi connectivity index (χ2v) is 14.2. The SMILES string of the molecule is CC(C)(C)c1ccc(-n2c(-c3cccc4c3sc3cc(C5CCCC5)ccc34)nc3ccccc32)c(-c2ccccc2)c1. The molecule has 2 nitrogen and oxygen atoms in total. The first kappa shape index (κ1) is 26.4. The van der Waals surface area contributed by atoms with Gasteiger partial charge < -0.3 is 0 Å². The van der Waals surface area contributed by atoms with Gasteiger partial charge in [-0.3, -0.25) is 4.57 Å². The number of thiophene rings is 1. The van der Waals surface area contributed by atoms with Crippen LogP contribution in [0.15, 0.2) is 109 Å². The number of para-hydroxylation sites is 2. The van der Waals surface area contributed by atoms with Crippen LogP contribution in [0.5, 0.6) is 0 Å². The molecule has 0 amide bonds. The average molecular weight is 577 g/mol. The minimum Gasteiger partial charge on any atom is -0.292 e.